The van der Waals surface area contributed by atoms with Crippen LogP contribution in [0.3, 0.4) is 0 Å². The first kappa shape index (κ1) is 24.3. The summed E-state index contributed by atoms with van der Waals surface area (Å²) in [6.07, 6.45) is 2.96. The Morgan fingerprint density at radius 1 is 1.06 bits per heavy atom. The smallest absolute Gasteiger partial charge is 0.155 e. The Kier molecular flexibility index (Phi) is 8.49. The number of pyridine rings is 1. The van der Waals surface area contributed by atoms with Crippen LogP contribution in [0.4, 0.5) is 0 Å². The zero-order chi connectivity index (χ0) is 21.7. The third-order valence-electron chi connectivity index (χ3n) is 4.30. The van der Waals surface area contributed by atoms with Gasteiger partial charge in [0.05, 0.1) is 12.0 Å². The van der Waals surface area contributed by atoms with Crippen LogP contribution in [0.15, 0.2) is 77.0 Å². The Bertz CT molecular complexity index is 1190. The summed E-state index contributed by atoms with van der Waals surface area (Å²) >= 11 is 0. The molecule has 0 bridgehead atoms. The molecule has 0 aliphatic heterocycles. The molecule has 4 aromatic rings. The van der Waals surface area contributed by atoms with Gasteiger partial charge < -0.3 is 14.5 Å². The molecule has 0 saturated carbocycles. The number of aliphatic hydroxyl groups excluding tert-OH is 1. The molecule has 2 aromatic heterocycles. The van der Waals surface area contributed by atoms with Crippen molar-refractivity contribution >= 4 is 16.8 Å². The monoisotopic (exact) mass is 591 g/mol. The number of rotatable bonds is 3. The van der Waals surface area contributed by atoms with Crippen molar-refractivity contribution in [2.75, 3.05) is 0 Å². The minimum atomic E-state index is -0.125. The summed E-state index contributed by atoms with van der Waals surface area (Å²) in [5.74, 6) is 0.802. The van der Waals surface area contributed by atoms with Crippen LogP contribution in [0.2, 0.25) is 0 Å². The van der Waals surface area contributed by atoms with Gasteiger partial charge in [-0.2, -0.15) is 0 Å². The molecule has 0 spiro atoms. The summed E-state index contributed by atoms with van der Waals surface area (Å²) in [4.78, 5) is 14.6. The number of carbonyl (C=O) groups excluding carboxylic acids is 1. The van der Waals surface area contributed by atoms with Gasteiger partial charge in [0.2, 0.25) is 0 Å². The van der Waals surface area contributed by atoms with E-state index in [4.69, 9.17) is 9.52 Å². The standard InChI is InChI=1S/C21H16NO.C5H8O2.Ir/c1-14-8-15(2)10-17(9-14)19-11-18-12-20(23-21(18)13-22-19)16-6-4-3-5-7-16;1-4(6)3-5(2)7;/h3-9,11-13H,1-2H3;3,6H,1-2H3;/q-1;;. The second-order valence-corrected chi connectivity index (χ2v) is 7.23. The molecular formula is C26H24IrNO3-. The normalized spacial score (nSPS) is 10.8. The predicted molar refractivity (Wildman–Crippen MR) is 120 cm³/mol. The van der Waals surface area contributed by atoms with E-state index in [1.165, 1.54) is 25.5 Å². The second-order valence-electron chi connectivity index (χ2n) is 7.23. The van der Waals surface area contributed by atoms with Crippen LogP contribution in [0.25, 0.3) is 33.6 Å². The molecule has 1 N–H and O–H groups in total. The number of aryl methyl sites for hydroxylation is 2. The van der Waals surface area contributed by atoms with Crippen molar-refractivity contribution in [1.82, 2.24) is 4.98 Å². The van der Waals surface area contributed by atoms with E-state index in [2.05, 4.69) is 49.2 Å². The number of benzene rings is 2. The molecule has 2 heterocycles. The number of aliphatic hydroxyl groups is 1. The molecule has 0 fully saturated rings. The molecule has 0 aliphatic carbocycles. The maximum Gasteiger partial charge on any atom is 0.155 e. The average Bonchev–Trinajstić information content (AvgIpc) is 3.11. The Morgan fingerprint density at radius 2 is 1.77 bits per heavy atom. The SMILES string of the molecule is CC(=O)C=C(C)O.Cc1[c-]c(-c2cc3cc(-c4ccccc4)oc3cn2)cc(C)c1.[Ir]. The molecule has 5 heteroatoms. The van der Waals surface area contributed by atoms with Crippen molar-refractivity contribution in [3.05, 3.63) is 89.8 Å². The fraction of sp³-hybridized carbons (Fsp3) is 0.154. The molecule has 4 rings (SSSR count). The largest absolute Gasteiger partial charge is 0.512 e. The van der Waals surface area contributed by atoms with Crippen molar-refractivity contribution in [2.45, 2.75) is 27.7 Å². The number of nitrogens with zero attached hydrogens (tertiary/aromatic N) is 1. The summed E-state index contributed by atoms with van der Waals surface area (Å²) in [6.45, 7) is 7.00. The van der Waals surface area contributed by atoms with Crippen LogP contribution in [0, 0.1) is 19.9 Å². The maximum atomic E-state index is 10.0. The molecule has 0 unspecified atom stereocenters. The number of fused-ring (bicyclic) bond motifs is 1. The minimum Gasteiger partial charge on any atom is -0.512 e. The molecule has 4 nitrogen and oxygen atoms in total. The fourth-order valence-corrected chi connectivity index (χ4v) is 3.17. The first-order valence-electron chi connectivity index (χ1n) is 9.65. The Labute approximate surface area is 196 Å². The Balaban J connectivity index is 0.000000373. The number of aromatic nitrogens is 1. The molecule has 31 heavy (non-hydrogen) atoms. The van der Waals surface area contributed by atoms with E-state index in [1.54, 1.807) is 6.20 Å². The van der Waals surface area contributed by atoms with Gasteiger partial charge in [-0.3, -0.25) is 4.79 Å². The molecule has 2 aromatic carbocycles. The van der Waals surface area contributed by atoms with E-state index in [0.29, 0.717) is 0 Å². The van der Waals surface area contributed by atoms with Gasteiger partial charge in [-0.05, 0) is 25.6 Å². The number of allylic oxidation sites excluding steroid dienone is 2. The summed E-state index contributed by atoms with van der Waals surface area (Å²) < 4.78 is 5.92. The average molecular weight is 591 g/mol. The van der Waals surface area contributed by atoms with E-state index < -0.39 is 0 Å². The van der Waals surface area contributed by atoms with Gasteiger partial charge in [0, 0.05) is 37.1 Å². The molecule has 0 amide bonds. The summed E-state index contributed by atoms with van der Waals surface area (Å²) in [7, 11) is 0. The van der Waals surface area contributed by atoms with E-state index in [0.717, 1.165) is 39.1 Å². The zero-order valence-electron chi connectivity index (χ0n) is 17.9. The van der Waals surface area contributed by atoms with Crippen LogP contribution in [0.5, 0.6) is 0 Å². The summed E-state index contributed by atoms with van der Waals surface area (Å²) in [5.41, 5.74) is 6.16. The maximum absolute atomic E-state index is 10.0. The molecule has 0 atom stereocenters. The molecule has 161 valence electrons. The van der Waals surface area contributed by atoms with E-state index >= 15 is 0 Å². The van der Waals surface area contributed by atoms with Gasteiger partial charge in [-0.25, -0.2) is 0 Å². The van der Waals surface area contributed by atoms with E-state index in [9.17, 15) is 4.79 Å². The van der Waals surface area contributed by atoms with Gasteiger partial charge in [-0.1, -0.05) is 50.2 Å². The summed E-state index contributed by atoms with van der Waals surface area (Å²) in [6, 6.07) is 21.9. The van der Waals surface area contributed by atoms with E-state index in [-0.39, 0.29) is 31.6 Å². The molecule has 1 radical (unpaired) electrons. The Hall–Kier alpha value is -3.01. The van der Waals surface area contributed by atoms with Crippen LogP contribution in [0.1, 0.15) is 25.0 Å². The van der Waals surface area contributed by atoms with Crippen molar-refractivity contribution < 1.29 is 34.4 Å². The van der Waals surface area contributed by atoms with Crippen molar-refractivity contribution in [3.8, 4) is 22.6 Å². The number of carbonyl (C=O) groups is 1. The zero-order valence-corrected chi connectivity index (χ0v) is 20.3. The van der Waals surface area contributed by atoms with Crippen molar-refractivity contribution in [2.24, 2.45) is 0 Å². The van der Waals surface area contributed by atoms with Crippen molar-refractivity contribution in [3.63, 3.8) is 0 Å². The number of hydrogen-bond donors (Lipinski definition) is 1. The summed E-state index contributed by atoms with van der Waals surface area (Å²) in [5, 5.41) is 9.42. The van der Waals surface area contributed by atoms with Crippen LogP contribution < -0.4 is 0 Å². The minimum absolute atomic E-state index is 0. The first-order valence-corrected chi connectivity index (χ1v) is 9.65. The molecule has 0 aliphatic rings. The molecular weight excluding hydrogens is 567 g/mol. The quantitative estimate of drug-likeness (QED) is 0.166. The third kappa shape index (κ3) is 6.74. The Morgan fingerprint density at radius 3 is 2.35 bits per heavy atom. The van der Waals surface area contributed by atoms with Crippen LogP contribution >= 0.6 is 0 Å². The molecule has 0 saturated heterocycles. The van der Waals surface area contributed by atoms with Gasteiger partial charge in [-0.15, -0.1) is 34.9 Å². The topological polar surface area (TPSA) is 63.3 Å². The predicted octanol–water partition coefficient (Wildman–Crippen LogP) is 6.61. The number of furan rings is 1. The second kappa shape index (κ2) is 10.9. The van der Waals surface area contributed by atoms with Crippen LogP contribution in [-0.4, -0.2) is 15.9 Å². The van der Waals surface area contributed by atoms with Crippen LogP contribution in [-0.2, 0) is 24.9 Å². The van der Waals surface area contributed by atoms with E-state index in [1.807, 2.05) is 30.3 Å². The fourth-order valence-electron chi connectivity index (χ4n) is 3.17. The number of ketones is 1. The van der Waals surface area contributed by atoms with Gasteiger partial charge in [0.1, 0.15) is 5.76 Å². The van der Waals surface area contributed by atoms with Crippen molar-refractivity contribution in [1.29, 1.82) is 0 Å². The first-order chi connectivity index (χ1) is 14.3. The van der Waals surface area contributed by atoms with Gasteiger partial charge >= 0.3 is 0 Å². The van der Waals surface area contributed by atoms with Gasteiger partial charge in [0.15, 0.2) is 11.4 Å². The number of hydrogen-bond acceptors (Lipinski definition) is 4. The third-order valence-corrected chi connectivity index (χ3v) is 4.30. The van der Waals surface area contributed by atoms with Gasteiger partial charge in [0.25, 0.3) is 0 Å².